The quantitative estimate of drug-likeness (QED) is 0.618. The van der Waals surface area contributed by atoms with Gasteiger partial charge in [0, 0.05) is 6.54 Å². The molecule has 0 unspecified atom stereocenters. The van der Waals surface area contributed by atoms with Gasteiger partial charge in [-0.25, -0.2) is 0 Å². The lowest BCUT2D eigenvalue weighted by atomic mass is 10.0. The van der Waals surface area contributed by atoms with E-state index in [0.29, 0.717) is 29.7 Å². The van der Waals surface area contributed by atoms with Crippen molar-refractivity contribution in [1.82, 2.24) is 4.90 Å². The number of hydrogen-bond acceptors (Lipinski definition) is 4. The molecule has 28 heavy (non-hydrogen) atoms. The normalized spacial score (nSPS) is 10.9. The number of anilines is 1. The molecule has 2 aromatic carbocycles. The number of amides is 1. The van der Waals surface area contributed by atoms with Crippen LogP contribution in [0.3, 0.4) is 0 Å². The summed E-state index contributed by atoms with van der Waals surface area (Å²) in [5, 5.41) is 2.87. The van der Waals surface area contributed by atoms with Gasteiger partial charge in [-0.05, 0) is 48.8 Å². The Labute approximate surface area is 168 Å². The zero-order valence-corrected chi connectivity index (χ0v) is 17.4. The second kappa shape index (κ2) is 11.3. The highest BCUT2D eigenvalue weighted by molar-refractivity contribution is 5.93. The van der Waals surface area contributed by atoms with Gasteiger partial charge in [0.15, 0.2) is 6.61 Å². The molecule has 0 atom stereocenters. The maximum Gasteiger partial charge on any atom is 0.262 e. The Hall–Kier alpha value is -2.53. The number of benzene rings is 2. The largest absolute Gasteiger partial charge is 0.490 e. The number of rotatable bonds is 11. The molecule has 0 fully saturated rings. The Morgan fingerprint density at radius 1 is 1.00 bits per heavy atom. The van der Waals surface area contributed by atoms with Crippen molar-refractivity contribution in [2.75, 3.05) is 38.2 Å². The standard InChI is InChI=1S/C23H32N2O3/c1-5-25(6-2)15-16-27-22-10-8-7-9-21(22)24-23(26)17-28-20-13-11-19(12-14-20)18(3)4/h7-14,18H,5-6,15-17H2,1-4H3,(H,24,26). The first-order valence-corrected chi connectivity index (χ1v) is 10.00. The van der Waals surface area contributed by atoms with Crippen LogP contribution >= 0.6 is 0 Å². The monoisotopic (exact) mass is 384 g/mol. The van der Waals surface area contributed by atoms with Crippen molar-refractivity contribution in [2.45, 2.75) is 33.6 Å². The molecule has 1 amide bonds. The highest BCUT2D eigenvalue weighted by atomic mass is 16.5. The summed E-state index contributed by atoms with van der Waals surface area (Å²) in [6.45, 7) is 11.9. The van der Waals surface area contributed by atoms with Gasteiger partial charge in [0.25, 0.3) is 5.91 Å². The zero-order valence-electron chi connectivity index (χ0n) is 17.4. The fourth-order valence-corrected chi connectivity index (χ4v) is 2.80. The van der Waals surface area contributed by atoms with Gasteiger partial charge in [-0.15, -0.1) is 0 Å². The molecule has 0 radical (unpaired) electrons. The SMILES string of the molecule is CCN(CC)CCOc1ccccc1NC(=O)COc1ccc(C(C)C)cc1. The molecule has 5 nitrogen and oxygen atoms in total. The van der Waals surface area contributed by atoms with Crippen LogP contribution in [0.1, 0.15) is 39.2 Å². The third-order valence-electron chi connectivity index (χ3n) is 4.64. The highest BCUT2D eigenvalue weighted by Gasteiger charge is 2.09. The molecular formula is C23H32N2O3. The van der Waals surface area contributed by atoms with Crippen molar-refractivity contribution in [3.05, 3.63) is 54.1 Å². The van der Waals surface area contributed by atoms with Crippen molar-refractivity contribution in [3.63, 3.8) is 0 Å². The van der Waals surface area contributed by atoms with Crippen LogP contribution in [0.15, 0.2) is 48.5 Å². The lowest BCUT2D eigenvalue weighted by Gasteiger charge is -2.19. The molecule has 152 valence electrons. The van der Waals surface area contributed by atoms with Crippen LogP contribution in [0, 0.1) is 0 Å². The van der Waals surface area contributed by atoms with Crippen LogP contribution in [0.5, 0.6) is 11.5 Å². The predicted molar refractivity (Wildman–Crippen MR) is 114 cm³/mol. The second-order valence-electron chi connectivity index (χ2n) is 6.93. The third-order valence-corrected chi connectivity index (χ3v) is 4.64. The maximum absolute atomic E-state index is 12.3. The zero-order chi connectivity index (χ0) is 20.4. The van der Waals surface area contributed by atoms with E-state index < -0.39 is 0 Å². The molecule has 2 rings (SSSR count). The van der Waals surface area contributed by atoms with E-state index in [1.807, 2.05) is 48.5 Å². The van der Waals surface area contributed by atoms with Gasteiger partial charge in [-0.2, -0.15) is 0 Å². The molecule has 0 heterocycles. The summed E-state index contributed by atoms with van der Waals surface area (Å²) in [7, 11) is 0. The molecule has 1 N–H and O–H groups in total. The van der Waals surface area contributed by atoms with Crippen molar-refractivity contribution < 1.29 is 14.3 Å². The van der Waals surface area contributed by atoms with E-state index in [1.165, 1.54) is 5.56 Å². The number of nitrogens with zero attached hydrogens (tertiary/aromatic N) is 1. The lowest BCUT2D eigenvalue weighted by molar-refractivity contribution is -0.118. The van der Waals surface area contributed by atoms with E-state index in [2.05, 4.69) is 37.9 Å². The van der Waals surface area contributed by atoms with Gasteiger partial charge in [-0.3, -0.25) is 4.79 Å². The molecular weight excluding hydrogens is 352 g/mol. The summed E-state index contributed by atoms with van der Waals surface area (Å²) in [5.41, 5.74) is 1.90. The molecule has 0 saturated heterocycles. The van der Waals surface area contributed by atoms with E-state index in [0.717, 1.165) is 19.6 Å². The molecule has 0 aromatic heterocycles. The smallest absolute Gasteiger partial charge is 0.262 e. The number of carbonyl (C=O) groups is 1. The summed E-state index contributed by atoms with van der Waals surface area (Å²) in [6.07, 6.45) is 0. The van der Waals surface area contributed by atoms with E-state index in [9.17, 15) is 4.79 Å². The molecule has 0 aliphatic heterocycles. The maximum atomic E-state index is 12.3. The molecule has 0 spiro atoms. The Bertz CT molecular complexity index is 725. The van der Waals surface area contributed by atoms with Crippen LogP contribution in [-0.2, 0) is 4.79 Å². The Morgan fingerprint density at radius 3 is 2.32 bits per heavy atom. The first-order chi connectivity index (χ1) is 13.5. The van der Waals surface area contributed by atoms with Crippen LogP contribution in [0.4, 0.5) is 5.69 Å². The first-order valence-electron chi connectivity index (χ1n) is 10.00. The molecule has 5 heteroatoms. The van der Waals surface area contributed by atoms with Crippen LogP contribution in [0.2, 0.25) is 0 Å². The van der Waals surface area contributed by atoms with E-state index >= 15 is 0 Å². The fraction of sp³-hybridized carbons (Fsp3) is 0.435. The first kappa shape index (κ1) is 21.8. The average molecular weight is 385 g/mol. The molecule has 0 aliphatic carbocycles. The summed E-state index contributed by atoms with van der Waals surface area (Å²) in [6, 6.07) is 15.3. The van der Waals surface area contributed by atoms with Crippen molar-refractivity contribution >= 4 is 11.6 Å². The van der Waals surface area contributed by atoms with Gasteiger partial charge in [0.1, 0.15) is 18.1 Å². The third kappa shape index (κ3) is 6.89. The van der Waals surface area contributed by atoms with Gasteiger partial charge >= 0.3 is 0 Å². The Morgan fingerprint density at radius 2 is 1.68 bits per heavy atom. The van der Waals surface area contributed by atoms with Crippen molar-refractivity contribution in [3.8, 4) is 11.5 Å². The van der Waals surface area contributed by atoms with E-state index in [1.54, 1.807) is 0 Å². The topological polar surface area (TPSA) is 50.8 Å². The summed E-state index contributed by atoms with van der Waals surface area (Å²) < 4.78 is 11.5. The molecule has 0 aliphatic rings. The minimum atomic E-state index is -0.215. The van der Waals surface area contributed by atoms with Crippen LogP contribution in [-0.4, -0.2) is 43.7 Å². The average Bonchev–Trinajstić information content (AvgIpc) is 2.71. The molecule has 2 aromatic rings. The lowest BCUT2D eigenvalue weighted by Crippen LogP contribution is -2.28. The van der Waals surface area contributed by atoms with Crippen LogP contribution in [0.25, 0.3) is 0 Å². The number of hydrogen-bond donors (Lipinski definition) is 1. The number of carbonyl (C=O) groups excluding carboxylic acids is 1. The van der Waals surface area contributed by atoms with Gasteiger partial charge < -0.3 is 19.7 Å². The Kier molecular flexibility index (Phi) is 8.82. The second-order valence-corrected chi connectivity index (χ2v) is 6.93. The minimum Gasteiger partial charge on any atom is -0.490 e. The highest BCUT2D eigenvalue weighted by Crippen LogP contribution is 2.24. The minimum absolute atomic E-state index is 0.0468. The van der Waals surface area contributed by atoms with Gasteiger partial charge in [-0.1, -0.05) is 52.0 Å². The fourth-order valence-electron chi connectivity index (χ4n) is 2.80. The molecule has 0 saturated carbocycles. The molecule has 0 bridgehead atoms. The van der Waals surface area contributed by atoms with Gasteiger partial charge in [0.2, 0.25) is 0 Å². The summed E-state index contributed by atoms with van der Waals surface area (Å²) in [4.78, 5) is 14.6. The number of ether oxygens (including phenoxy) is 2. The van der Waals surface area contributed by atoms with Crippen molar-refractivity contribution in [1.29, 1.82) is 0 Å². The van der Waals surface area contributed by atoms with E-state index in [-0.39, 0.29) is 12.5 Å². The summed E-state index contributed by atoms with van der Waals surface area (Å²) in [5.74, 6) is 1.61. The summed E-state index contributed by atoms with van der Waals surface area (Å²) >= 11 is 0. The number of likely N-dealkylation sites (N-methyl/N-ethyl adjacent to an activating group) is 1. The number of para-hydroxylation sites is 2. The van der Waals surface area contributed by atoms with E-state index in [4.69, 9.17) is 9.47 Å². The Balaban J connectivity index is 1.86. The van der Waals surface area contributed by atoms with Gasteiger partial charge in [0.05, 0.1) is 5.69 Å². The van der Waals surface area contributed by atoms with Crippen molar-refractivity contribution in [2.24, 2.45) is 0 Å². The number of nitrogens with one attached hydrogen (secondary N) is 1. The van der Waals surface area contributed by atoms with Crippen LogP contribution < -0.4 is 14.8 Å². The predicted octanol–water partition coefficient (Wildman–Crippen LogP) is 4.55.